The van der Waals surface area contributed by atoms with Crippen molar-refractivity contribution in [2.45, 2.75) is 43.9 Å². The number of hydrogen-bond acceptors (Lipinski definition) is 2. The van der Waals surface area contributed by atoms with Crippen LogP contribution >= 0.6 is 0 Å². The Morgan fingerprint density at radius 3 is 2.17 bits per heavy atom. The second-order valence-electron chi connectivity index (χ2n) is 10.5. The average molecular weight is 389 g/mol. The molecule has 1 aliphatic heterocycles. The number of piperazine rings is 1. The van der Waals surface area contributed by atoms with E-state index in [1.165, 1.54) is 54.9 Å². The van der Waals surface area contributed by atoms with Gasteiger partial charge in [0, 0.05) is 31.7 Å². The number of carbonyl (C=O) groups is 1. The van der Waals surface area contributed by atoms with Crippen molar-refractivity contribution in [1.29, 1.82) is 0 Å². The van der Waals surface area contributed by atoms with Gasteiger partial charge in [0.15, 0.2) is 0 Å². The van der Waals surface area contributed by atoms with Gasteiger partial charge in [-0.05, 0) is 97.2 Å². The van der Waals surface area contributed by atoms with Crippen LogP contribution in [0.1, 0.15) is 54.4 Å². The van der Waals surface area contributed by atoms with Gasteiger partial charge in [0.25, 0.3) is 5.91 Å². The van der Waals surface area contributed by atoms with Crippen molar-refractivity contribution < 1.29 is 4.79 Å². The van der Waals surface area contributed by atoms with E-state index in [2.05, 4.69) is 53.2 Å². The summed E-state index contributed by atoms with van der Waals surface area (Å²) in [6.45, 7) is 3.63. The number of rotatable bonds is 2. The Kier molecular flexibility index (Phi) is 4.06. The minimum Gasteiger partial charge on any atom is -0.336 e. The standard InChI is InChI=1S/C26H32N2O/c1-27-6-8-28(9-7-27)25(29)22-13-21-4-2-3-5-23(21)24(14-22)26-15-18-10-19(16-26)12-20(11-18)17-26/h2-5,13-14,18-20H,6-12,15-17H2,1H3. The molecule has 1 saturated heterocycles. The second kappa shape index (κ2) is 6.57. The van der Waals surface area contributed by atoms with E-state index in [0.717, 1.165) is 49.5 Å². The fourth-order valence-electron chi connectivity index (χ4n) is 7.51. The molecule has 4 aliphatic carbocycles. The fraction of sp³-hybridized carbons (Fsp3) is 0.577. The monoisotopic (exact) mass is 388 g/mol. The Balaban J connectivity index is 1.44. The highest BCUT2D eigenvalue weighted by atomic mass is 16.2. The third-order valence-corrected chi connectivity index (χ3v) is 8.51. The van der Waals surface area contributed by atoms with Crippen molar-refractivity contribution in [3.05, 3.63) is 47.5 Å². The first-order valence-corrected chi connectivity index (χ1v) is 11.6. The summed E-state index contributed by atoms with van der Waals surface area (Å²) in [5, 5.41) is 2.64. The van der Waals surface area contributed by atoms with Crippen molar-refractivity contribution in [3.63, 3.8) is 0 Å². The summed E-state index contributed by atoms with van der Waals surface area (Å²) in [5.74, 6) is 2.97. The van der Waals surface area contributed by atoms with Gasteiger partial charge in [-0.3, -0.25) is 4.79 Å². The smallest absolute Gasteiger partial charge is 0.253 e. The molecule has 5 fully saturated rings. The summed E-state index contributed by atoms with van der Waals surface area (Å²) in [4.78, 5) is 17.8. The molecule has 0 atom stereocenters. The normalized spacial score (nSPS) is 34.1. The van der Waals surface area contributed by atoms with Crippen LogP contribution in [-0.2, 0) is 5.41 Å². The lowest BCUT2D eigenvalue weighted by atomic mass is 9.47. The number of fused-ring (bicyclic) bond motifs is 1. The summed E-state index contributed by atoms with van der Waals surface area (Å²) in [5.41, 5.74) is 2.72. The summed E-state index contributed by atoms with van der Waals surface area (Å²) in [7, 11) is 2.14. The zero-order valence-electron chi connectivity index (χ0n) is 17.6. The van der Waals surface area contributed by atoms with Crippen LogP contribution in [0.3, 0.4) is 0 Å². The maximum atomic E-state index is 13.4. The number of likely N-dealkylation sites (N-methyl/N-ethyl adjacent to an activating group) is 1. The highest BCUT2D eigenvalue weighted by Gasteiger charge is 2.52. The molecular formula is C26H32N2O. The van der Waals surface area contributed by atoms with E-state index in [9.17, 15) is 4.79 Å². The lowest BCUT2D eigenvalue weighted by molar-refractivity contribution is -0.00452. The predicted molar refractivity (Wildman–Crippen MR) is 117 cm³/mol. The minimum absolute atomic E-state index is 0.231. The van der Waals surface area contributed by atoms with Crippen molar-refractivity contribution in [3.8, 4) is 0 Å². The third kappa shape index (κ3) is 2.92. The van der Waals surface area contributed by atoms with Crippen LogP contribution in [0.2, 0.25) is 0 Å². The van der Waals surface area contributed by atoms with Gasteiger partial charge in [0.2, 0.25) is 0 Å². The Bertz CT molecular complexity index is 921. The number of nitrogens with zero attached hydrogens (tertiary/aromatic N) is 2. The van der Waals surface area contributed by atoms with Gasteiger partial charge in [0.05, 0.1) is 0 Å². The van der Waals surface area contributed by atoms with E-state index in [0.29, 0.717) is 5.41 Å². The largest absolute Gasteiger partial charge is 0.336 e. The second-order valence-corrected chi connectivity index (χ2v) is 10.5. The topological polar surface area (TPSA) is 23.6 Å². The van der Waals surface area contributed by atoms with E-state index in [1.807, 2.05) is 0 Å². The van der Waals surface area contributed by atoms with E-state index in [-0.39, 0.29) is 5.91 Å². The van der Waals surface area contributed by atoms with Crippen LogP contribution in [0, 0.1) is 17.8 Å². The fourth-order valence-corrected chi connectivity index (χ4v) is 7.51. The first-order valence-electron chi connectivity index (χ1n) is 11.6. The quantitative estimate of drug-likeness (QED) is 0.745. The van der Waals surface area contributed by atoms with Crippen LogP contribution in [0.25, 0.3) is 10.8 Å². The lowest BCUT2D eigenvalue weighted by Crippen LogP contribution is -2.49. The molecule has 1 amide bonds. The van der Waals surface area contributed by atoms with E-state index in [1.54, 1.807) is 0 Å². The molecule has 0 spiro atoms. The maximum Gasteiger partial charge on any atom is 0.253 e. The summed E-state index contributed by atoms with van der Waals surface area (Å²) in [6.07, 6.45) is 8.39. The van der Waals surface area contributed by atoms with Crippen molar-refractivity contribution in [2.24, 2.45) is 17.8 Å². The molecule has 1 heterocycles. The maximum absolute atomic E-state index is 13.4. The lowest BCUT2D eigenvalue weighted by Gasteiger charge is -2.57. The zero-order chi connectivity index (χ0) is 19.6. The van der Waals surface area contributed by atoms with Gasteiger partial charge in [-0.2, -0.15) is 0 Å². The van der Waals surface area contributed by atoms with Gasteiger partial charge in [-0.15, -0.1) is 0 Å². The third-order valence-electron chi connectivity index (χ3n) is 8.51. The van der Waals surface area contributed by atoms with E-state index < -0.39 is 0 Å². The molecule has 7 rings (SSSR count). The highest BCUT2D eigenvalue weighted by Crippen LogP contribution is 2.61. The van der Waals surface area contributed by atoms with Gasteiger partial charge in [0.1, 0.15) is 0 Å². The van der Waals surface area contributed by atoms with Crippen LogP contribution in [-0.4, -0.2) is 48.9 Å². The van der Waals surface area contributed by atoms with Crippen LogP contribution in [0.5, 0.6) is 0 Å². The molecule has 152 valence electrons. The van der Waals surface area contributed by atoms with E-state index >= 15 is 0 Å². The van der Waals surface area contributed by atoms with Crippen LogP contribution in [0.4, 0.5) is 0 Å². The SMILES string of the molecule is CN1CCN(C(=O)c2cc(C34CC5CC(CC(C5)C3)C4)c3ccccc3c2)CC1. The van der Waals surface area contributed by atoms with Crippen molar-refractivity contribution in [1.82, 2.24) is 9.80 Å². The molecule has 29 heavy (non-hydrogen) atoms. The molecule has 4 bridgehead atoms. The molecule has 0 aromatic heterocycles. The van der Waals surface area contributed by atoms with Gasteiger partial charge < -0.3 is 9.80 Å². The number of hydrogen-bond donors (Lipinski definition) is 0. The minimum atomic E-state index is 0.231. The molecule has 5 aliphatic rings. The molecule has 3 heteroatoms. The Morgan fingerprint density at radius 1 is 0.897 bits per heavy atom. The van der Waals surface area contributed by atoms with Crippen LogP contribution < -0.4 is 0 Å². The van der Waals surface area contributed by atoms with Gasteiger partial charge in [-0.25, -0.2) is 0 Å². The molecular weight excluding hydrogens is 356 g/mol. The molecule has 3 nitrogen and oxygen atoms in total. The summed E-state index contributed by atoms with van der Waals surface area (Å²) >= 11 is 0. The van der Waals surface area contributed by atoms with Gasteiger partial charge in [-0.1, -0.05) is 24.3 Å². The highest BCUT2D eigenvalue weighted by molar-refractivity contribution is 6.00. The molecule has 0 radical (unpaired) electrons. The molecule has 2 aromatic rings. The summed E-state index contributed by atoms with van der Waals surface area (Å²) < 4.78 is 0. The van der Waals surface area contributed by atoms with Crippen molar-refractivity contribution in [2.75, 3.05) is 33.2 Å². The number of amides is 1. The first-order chi connectivity index (χ1) is 14.1. The Morgan fingerprint density at radius 2 is 1.52 bits per heavy atom. The Labute approximate surface area is 174 Å². The predicted octanol–water partition coefficient (Wildman–Crippen LogP) is 4.70. The molecule has 0 N–H and O–H groups in total. The van der Waals surface area contributed by atoms with Crippen LogP contribution in [0.15, 0.2) is 36.4 Å². The van der Waals surface area contributed by atoms with E-state index in [4.69, 9.17) is 0 Å². The van der Waals surface area contributed by atoms with Gasteiger partial charge >= 0.3 is 0 Å². The first kappa shape index (κ1) is 17.9. The zero-order valence-corrected chi connectivity index (χ0v) is 17.6. The molecule has 2 aromatic carbocycles. The number of carbonyl (C=O) groups excluding carboxylic acids is 1. The molecule has 0 unspecified atom stereocenters. The summed E-state index contributed by atoms with van der Waals surface area (Å²) in [6, 6.07) is 13.3. The number of benzene rings is 2. The van der Waals surface area contributed by atoms with Crippen molar-refractivity contribution >= 4 is 16.7 Å². The average Bonchev–Trinajstić information content (AvgIpc) is 2.72. The molecule has 4 saturated carbocycles. The Hall–Kier alpha value is -1.87.